The lowest BCUT2D eigenvalue weighted by Gasteiger charge is -2.13. The summed E-state index contributed by atoms with van der Waals surface area (Å²) in [7, 11) is 1.76. The van der Waals surface area contributed by atoms with E-state index in [0.29, 0.717) is 5.16 Å². The molecule has 0 aliphatic heterocycles. The molecule has 3 aromatic rings. The molecule has 1 aromatic carbocycles. The number of aryl methyl sites for hydroxylation is 1. The zero-order chi connectivity index (χ0) is 17.3. The topological polar surface area (TPSA) is 74.3 Å². The smallest absolute Gasteiger partial charge is 0.312 e. The van der Waals surface area contributed by atoms with Gasteiger partial charge in [-0.25, -0.2) is 0 Å². The molecule has 0 unspecified atom stereocenters. The molecule has 0 radical (unpaired) electrons. The Bertz CT molecular complexity index is 860. The Labute approximate surface area is 142 Å². The van der Waals surface area contributed by atoms with E-state index in [9.17, 15) is 13.2 Å². The van der Waals surface area contributed by atoms with Crippen molar-refractivity contribution in [3.63, 3.8) is 0 Å². The first-order valence-corrected chi connectivity index (χ1v) is 7.84. The average Bonchev–Trinajstić information content (AvgIpc) is 3.13. The van der Waals surface area contributed by atoms with Crippen molar-refractivity contribution in [2.75, 3.05) is 0 Å². The first-order valence-electron chi connectivity index (χ1n) is 6.47. The second-order valence-corrected chi connectivity index (χ2v) is 6.06. The van der Waals surface area contributed by atoms with Crippen molar-refractivity contribution in [1.29, 1.82) is 0 Å². The van der Waals surface area contributed by atoms with E-state index in [1.165, 1.54) is 30.2 Å². The minimum atomic E-state index is -4.58. The molecule has 0 amide bonds. The molecule has 0 aliphatic rings. The normalized spacial score (nSPS) is 11.9. The molecule has 0 N–H and O–H groups in total. The molecule has 0 spiro atoms. The fraction of sp³-hybridized carbons (Fsp3) is 0.250. The molecular weight excluding hydrogens is 367 g/mol. The highest BCUT2D eigenvalue weighted by atomic mass is 35.5. The van der Waals surface area contributed by atoms with Crippen molar-refractivity contribution in [1.82, 2.24) is 35.0 Å². The summed E-state index contributed by atoms with van der Waals surface area (Å²) in [5.74, 6) is 0.468. The van der Waals surface area contributed by atoms with Gasteiger partial charge >= 0.3 is 6.18 Å². The van der Waals surface area contributed by atoms with Crippen LogP contribution in [0.1, 0.15) is 11.4 Å². The van der Waals surface area contributed by atoms with Gasteiger partial charge in [0.2, 0.25) is 0 Å². The number of rotatable bonds is 4. The zero-order valence-corrected chi connectivity index (χ0v) is 13.6. The molecule has 0 saturated carbocycles. The van der Waals surface area contributed by atoms with Crippen LogP contribution in [0.25, 0.3) is 5.69 Å². The number of alkyl halides is 3. The fourth-order valence-corrected chi connectivity index (χ4v) is 2.90. The average molecular weight is 376 g/mol. The predicted octanol–water partition coefficient (Wildman–Crippen LogP) is 2.76. The quantitative estimate of drug-likeness (QED) is 0.653. The maximum absolute atomic E-state index is 13.2. The van der Waals surface area contributed by atoms with Gasteiger partial charge in [-0.1, -0.05) is 23.4 Å². The molecule has 0 aliphatic carbocycles. The summed E-state index contributed by atoms with van der Waals surface area (Å²) in [5.41, 5.74) is -1.10. The number of hydrogen-bond donors (Lipinski definition) is 0. The van der Waals surface area contributed by atoms with Crippen molar-refractivity contribution in [3.8, 4) is 5.69 Å². The van der Waals surface area contributed by atoms with E-state index >= 15 is 0 Å². The molecule has 7 nitrogen and oxygen atoms in total. The lowest BCUT2D eigenvalue weighted by Crippen LogP contribution is -2.13. The summed E-state index contributed by atoms with van der Waals surface area (Å²) >= 11 is 6.94. The molecule has 12 heteroatoms. The summed E-state index contributed by atoms with van der Waals surface area (Å²) in [4.78, 5) is 0. The molecule has 0 atom stereocenters. The predicted molar refractivity (Wildman–Crippen MR) is 79.7 cm³/mol. The van der Waals surface area contributed by atoms with Crippen LogP contribution in [0.3, 0.4) is 0 Å². The van der Waals surface area contributed by atoms with E-state index in [2.05, 4.69) is 25.7 Å². The third-order valence-corrected chi connectivity index (χ3v) is 4.29. The minimum Gasteiger partial charge on any atom is -0.312 e. The fourth-order valence-electron chi connectivity index (χ4n) is 1.94. The Balaban J connectivity index is 1.95. The molecule has 3 rings (SSSR count). The summed E-state index contributed by atoms with van der Waals surface area (Å²) in [6.07, 6.45) is -3.06. The van der Waals surface area contributed by atoms with E-state index in [1.54, 1.807) is 11.6 Å². The van der Waals surface area contributed by atoms with Gasteiger partial charge in [0.05, 0.1) is 17.0 Å². The summed E-state index contributed by atoms with van der Waals surface area (Å²) in [5, 5.41) is 19.1. The highest BCUT2D eigenvalue weighted by Crippen LogP contribution is 2.35. The van der Waals surface area contributed by atoms with Gasteiger partial charge in [-0.3, -0.25) is 0 Å². The number of aromatic nitrogens is 7. The monoisotopic (exact) mass is 375 g/mol. The largest absolute Gasteiger partial charge is 0.418 e. The Kier molecular flexibility index (Phi) is 4.45. The van der Waals surface area contributed by atoms with Gasteiger partial charge in [0.25, 0.3) is 0 Å². The summed E-state index contributed by atoms with van der Waals surface area (Å²) in [6, 6.07) is 3.43. The van der Waals surface area contributed by atoms with Crippen LogP contribution in [0.4, 0.5) is 13.2 Å². The van der Waals surface area contributed by atoms with Crippen molar-refractivity contribution in [3.05, 3.63) is 40.9 Å². The number of hydrogen-bond acceptors (Lipinski definition) is 6. The minimum absolute atomic E-state index is 0.0193. The molecule has 0 saturated heterocycles. The second kappa shape index (κ2) is 6.40. The Hall–Kier alpha value is -2.14. The van der Waals surface area contributed by atoms with Crippen LogP contribution in [0.5, 0.6) is 0 Å². The van der Waals surface area contributed by atoms with Crippen LogP contribution in [0.2, 0.25) is 5.02 Å². The zero-order valence-electron chi connectivity index (χ0n) is 12.1. The van der Waals surface area contributed by atoms with Gasteiger partial charge in [0.15, 0.2) is 11.0 Å². The van der Waals surface area contributed by atoms with Crippen molar-refractivity contribution in [2.45, 2.75) is 17.1 Å². The first-order chi connectivity index (χ1) is 11.4. The van der Waals surface area contributed by atoms with Crippen LogP contribution >= 0.6 is 23.4 Å². The van der Waals surface area contributed by atoms with Gasteiger partial charge in [0.1, 0.15) is 6.33 Å². The van der Waals surface area contributed by atoms with E-state index in [4.69, 9.17) is 11.6 Å². The Morgan fingerprint density at radius 1 is 1.25 bits per heavy atom. The van der Waals surface area contributed by atoms with Crippen molar-refractivity contribution in [2.24, 2.45) is 7.05 Å². The number of halogens is 4. The SMILES string of the molecule is Cn1cnnc1SCc1nnnn1-c1ccc(Cl)cc1C(F)(F)F. The maximum atomic E-state index is 13.2. The molecule has 2 aromatic heterocycles. The Morgan fingerprint density at radius 2 is 2.04 bits per heavy atom. The summed E-state index contributed by atoms with van der Waals surface area (Å²) in [6.45, 7) is 0. The number of tetrazole rings is 1. The molecule has 0 fully saturated rings. The molecule has 2 heterocycles. The van der Waals surface area contributed by atoms with E-state index in [-0.39, 0.29) is 22.3 Å². The Morgan fingerprint density at radius 3 is 2.71 bits per heavy atom. The van der Waals surface area contributed by atoms with E-state index < -0.39 is 11.7 Å². The van der Waals surface area contributed by atoms with Gasteiger partial charge in [-0.15, -0.1) is 15.3 Å². The van der Waals surface area contributed by atoms with Crippen molar-refractivity contribution >= 4 is 23.4 Å². The number of benzene rings is 1. The maximum Gasteiger partial charge on any atom is 0.418 e. The molecular formula is C12H9ClF3N7S. The van der Waals surface area contributed by atoms with Crippen LogP contribution < -0.4 is 0 Å². The highest BCUT2D eigenvalue weighted by Gasteiger charge is 2.35. The van der Waals surface area contributed by atoms with Crippen LogP contribution in [-0.2, 0) is 19.0 Å². The van der Waals surface area contributed by atoms with Crippen LogP contribution in [0, 0.1) is 0 Å². The van der Waals surface area contributed by atoms with E-state index in [0.717, 1.165) is 10.7 Å². The standard InChI is InChI=1S/C12H9ClF3N7S/c1-22-6-17-19-11(22)24-5-10-18-20-21-23(10)9-3-2-7(13)4-8(9)12(14,15)16/h2-4,6H,5H2,1H3. The van der Waals surface area contributed by atoms with Gasteiger partial charge in [-0.05, 0) is 28.6 Å². The van der Waals surface area contributed by atoms with E-state index in [1.807, 2.05) is 0 Å². The number of nitrogens with zero attached hydrogens (tertiary/aromatic N) is 7. The second-order valence-electron chi connectivity index (χ2n) is 4.68. The van der Waals surface area contributed by atoms with Crippen LogP contribution in [-0.4, -0.2) is 35.0 Å². The van der Waals surface area contributed by atoms with Crippen molar-refractivity contribution < 1.29 is 13.2 Å². The summed E-state index contributed by atoms with van der Waals surface area (Å²) < 4.78 is 42.5. The molecule has 126 valence electrons. The third kappa shape index (κ3) is 3.36. The van der Waals surface area contributed by atoms with Crippen LogP contribution in [0.15, 0.2) is 29.7 Å². The molecule has 0 bridgehead atoms. The molecule has 24 heavy (non-hydrogen) atoms. The lowest BCUT2D eigenvalue weighted by molar-refractivity contribution is -0.137. The lowest BCUT2D eigenvalue weighted by atomic mass is 10.1. The highest BCUT2D eigenvalue weighted by molar-refractivity contribution is 7.98. The van der Waals surface area contributed by atoms with Gasteiger partial charge in [0, 0.05) is 12.1 Å². The number of thioether (sulfide) groups is 1. The van der Waals surface area contributed by atoms with Gasteiger partial charge < -0.3 is 4.57 Å². The first kappa shape index (κ1) is 16.7. The third-order valence-electron chi connectivity index (χ3n) is 3.03. The van der Waals surface area contributed by atoms with Gasteiger partial charge in [-0.2, -0.15) is 17.9 Å².